The molecule has 0 saturated heterocycles. The van der Waals surface area contributed by atoms with Crippen LogP contribution < -0.4 is 20.1 Å². The van der Waals surface area contributed by atoms with E-state index in [1.54, 1.807) is 7.05 Å². The highest BCUT2D eigenvalue weighted by Gasteiger charge is 2.12. The van der Waals surface area contributed by atoms with Crippen molar-refractivity contribution in [2.45, 2.75) is 26.2 Å². The number of rotatable bonds is 9. The second kappa shape index (κ2) is 12.2. The molecule has 0 fully saturated rings. The lowest BCUT2D eigenvalue weighted by Gasteiger charge is -2.12. The molecular formula is C17H28IN3O3. The first-order valence-corrected chi connectivity index (χ1v) is 8.24. The molecule has 0 unspecified atom stereocenters. The van der Waals surface area contributed by atoms with Gasteiger partial charge in [0.1, 0.15) is 0 Å². The first-order valence-electron chi connectivity index (χ1n) is 8.24. The van der Waals surface area contributed by atoms with Crippen molar-refractivity contribution in [3.05, 3.63) is 23.8 Å². The molecule has 2 N–H and O–H groups in total. The zero-order valence-corrected chi connectivity index (χ0v) is 16.8. The van der Waals surface area contributed by atoms with E-state index in [0.717, 1.165) is 63.0 Å². The summed E-state index contributed by atoms with van der Waals surface area (Å²) in [5, 5.41) is 6.64. The van der Waals surface area contributed by atoms with Crippen LogP contribution in [0.15, 0.2) is 23.2 Å². The average Bonchev–Trinajstić information content (AvgIpc) is 3.04. The number of benzene rings is 1. The van der Waals surface area contributed by atoms with Crippen LogP contribution in [0, 0.1) is 0 Å². The fourth-order valence-electron chi connectivity index (χ4n) is 2.32. The second-order valence-corrected chi connectivity index (χ2v) is 5.27. The summed E-state index contributed by atoms with van der Waals surface area (Å²) in [6, 6.07) is 6.07. The quantitative estimate of drug-likeness (QED) is 0.263. The van der Waals surface area contributed by atoms with E-state index in [1.807, 2.05) is 19.1 Å². The summed E-state index contributed by atoms with van der Waals surface area (Å²) in [6.45, 7) is 5.67. The Labute approximate surface area is 161 Å². The van der Waals surface area contributed by atoms with Gasteiger partial charge in [0, 0.05) is 33.4 Å². The van der Waals surface area contributed by atoms with E-state index >= 15 is 0 Å². The van der Waals surface area contributed by atoms with Crippen LogP contribution in [0.3, 0.4) is 0 Å². The SMILES string of the molecule is CCOCCCCNC(=NC)NCCc1ccc2c(c1)OCO2.I. The van der Waals surface area contributed by atoms with Gasteiger partial charge in [0.05, 0.1) is 0 Å². The number of nitrogens with one attached hydrogen (secondary N) is 2. The number of ether oxygens (including phenoxy) is 3. The van der Waals surface area contributed by atoms with Gasteiger partial charge in [0.25, 0.3) is 0 Å². The van der Waals surface area contributed by atoms with E-state index in [0.29, 0.717) is 6.79 Å². The molecule has 1 heterocycles. The first-order chi connectivity index (χ1) is 11.3. The van der Waals surface area contributed by atoms with Crippen LogP contribution in [0.5, 0.6) is 11.5 Å². The van der Waals surface area contributed by atoms with Gasteiger partial charge in [-0.25, -0.2) is 0 Å². The van der Waals surface area contributed by atoms with E-state index in [2.05, 4.69) is 21.7 Å². The van der Waals surface area contributed by atoms with Crippen LogP contribution in [0.2, 0.25) is 0 Å². The van der Waals surface area contributed by atoms with Crippen LogP contribution in [0.4, 0.5) is 0 Å². The summed E-state index contributed by atoms with van der Waals surface area (Å²) in [5.41, 5.74) is 1.22. The van der Waals surface area contributed by atoms with E-state index in [-0.39, 0.29) is 24.0 Å². The van der Waals surface area contributed by atoms with Gasteiger partial charge in [-0.05, 0) is 43.9 Å². The first kappa shape index (κ1) is 20.8. The Morgan fingerprint density at radius 1 is 1.17 bits per heavy atom. The standard InChI is InChI=1S/C17H27N3O3.HI/c1-3-21-11-5-4-9-19-17(18-2)20-10-8-14-6-7-15-16(12-14)23-13-22-15;/h6-7,12H,3-5,8-11,13H2,1-2H3,(H2,18,19,20);1H. The van der Waals surface area contributed by atoms with Gasteiger partial charge in [-0.3, -0.25) is 4.99 Å². The largest absolute Gasteiger partial charge is 0.454 e. The Bertz CT molecular complexity index is 512. The lowest BCUT2D eigenvalue weighted by molar-refractivity contribution is 0.143. The Balaban J connectivity index is 0.00000288. The number of fused-ring (bicyclic) bond motifs is 1. The van der Waals surface area contributed by atoms with Gasteiger partial charge in [-0.15, -0.1) is 24.0 Å². The zero-order valence-electron chi connectivity index (χ0n) is 14.5. The lowest BCUT2D eigenvalue weighted by Crippen LogP contribution is -2.38. The molecule has 0 saturated carbocycles. The highest BCUT2D eigenvalue weighted by atomic mass is 127. The van der Waals surface area contributed by atoms with Crippen LogP contribution in [-0.2, 0) is 11.2 Å². The molecule has 0 amide bonds. The summed E-state index contributed by atoms with van der Waals surface area (Å²) in [7, 11) is 1.79. The van der Waals surface area contributed by atoms with Crippen molar-refractivity contribution in [1.82, 2.24) is 10.6 Å². The molecule has 6 nitrogen and oxygen atoms in total. The number of aliphatic imine (C=N–C) groups is 1. The molecular weight excluding hydrogens is 421 g/mol. The third kappa shape index (κ3) is 7.12. The normalized spacial score (nSPS) is 12.7. The molecule has 2 rings (SSSR count). The number of nitrogens with zero attached hydrogens (tertiary/aromatic N) is 1. The van der Waals surface area contributed by atoms with E-state index in [9.17, 15) is 0 Å². The third-order valence-electron chi connectivity index (χ3n) is 3.58. The Kier molecular flexibility index (Phi) is 10.6. The van der Waals surface area contributed by atoms with Crippen molar-refractivity contribution < 1.29 is 14.2 Å². The molecule has 24 heavy (non-hydrogen) atoms. The topological polar surface area (TPSA) is 64.1 Å². The minimum absolute atomic E-state index is 0. The Morgan fingerprint density at radius 3 is 2.75 bits per heavy atom. The summed E-state index contributed by atoms with van der Waals surface area (Å²) >= 11 is 0. The maximum atomic E-state index is 5.39. The molecule has 136 valence electrons. The third-order valence-corrected chi connectivity index (χ3v) is 3.58. The predicted molar refractivity (Wildman–Crippen MR) is 107 cm³/mol. The van der Waals surface area contributed by atoms with Crippen molar-refractivity contribution in [1.29, 1.82) is 0 Å². The van der Waals surface area contributed by atoms with E-state index < -0.39 is 0 Å². The fourth-order valence-corrected chi connectivity index (χ4v) is 2.32. The molecule has 0 aliphatic carbocycles. The molecule has 1 aliphatic heterocycles. The molecule has 7 heteroatoms. The molecule has 0 spiro atoms. The monoisotopic (exact) mass is 449 g/mol. The van der Waals surface area contributed by atoms with E-state index in [1.165, 1.54) is 5.56 Å². The van der Waals surface area contributed by atoms with Gasteiger partial charge >= 0.3 is 0 Å². The molecule has 0 radical (unpaired) electrons. The lowest BCUT2D eigenvalue weighted by atomic mass is 10.1. The van der Waals surface area contributed by atoms with Crippen LogP contribution >= 0.6 is 24.0 Å². The summed E-state index contributed by atoms with van der Waals surface area (Å²) in [4.78, 5) is 4.23. The number of guanidine groups is 1. The van der Waals surface area contributed by atoms with Crippen molar-refractivity contribution in [3.8, 4) is 11.5 Å². The van der Waals surface area contributed by atoms with E-state index in [4.69, 9.17) is 14.2 Å². The van der Waals surface area contributed by atoms with Crippen LogP contribution in [0.1, 0.15) is 25.3 Å². The average molecular weight is 449 g/mol. The van der Waals surface area contributed by atoms with Gasteiger partial charge < -0.3 is 24.8 Å². The maximum Gasteiger partial charge on any atom is 0.231 e. The van der Waals surface area contributed by atoms with Crippen molar-refractivity contribution in [2.24, 2.45) is 4.99 Å². The van der Waals surface area contributed by atoms with Crippen LogP contribution in [-0.4, -0.2) is 46.1 Å². The van der Waals surface area contributed by atoms with Gasteiger partial charge in [-0.1, -0.05) is 6.07 Å². The Hall–Kier alpha value is -1.22. The van der Waals surface area contributed by atoms with Crippen molar-refractivity contribution in [3.63, 3.8) is 0 Å². The highest BCUT2D eigenvalue weighted by Crippen LogP contribution is 2.32. The molecule has 0 bridgehead atoms. The summed E-state index contributed by atoms with van der Waals surface area (Å²) in [5.74, 6) is 2.49. The summed E-state index contributed by atoms with van der Waals surface area (Å²) in [6.07, 6.45) is 3.04. The van der Waals surface area contributed by atoms with Crippen LogP contribution in [0.25, 0.3) is 0 Å². The number of halogens is 1. The van der Waals surface area contributed by atoms with Crippen molar-refractivity contribution >= 4 is 29.9 Å². The minimum Gasteiger partial charge on any atom is -0.454 e. The molecule has 1 aromatic carbocycles. The number of hydrogen-bond donors (Lipinski definition) is 2. The van der Waals surface area contributed by atoms with Gasteiger partial charge in [0.15, 0.2) is 17.5 Å². The second-order valence-electron chi connectivity index (χ2n) is 5.27. The smallest absolute Gasteiger partial charge is 0.231 e. The number of unbranched alkanes of at least 4 members (excludes halogenated alkanes) is 1. The van der Waals surface area contributed by atoms with Crippen molar-refractivity contribution in [2.75, 3.05) is 40.1 Å². The molecule has 0 aromatic heterocycles. The van der Waals surface area contributed by atoms with Gasteiger partial charge in [-0.2, -0.15) is 0 Å². The van der Waals surface area contributed by atoms with Gasteiger partial charge in [0.2, 0.25) is 6.79 Å². The number of hydrogen-bond acceptors (Lipinski definition) is 4. The summed E-state index contributed by atoms with van der Waals surface area (Å²) < 4.78 is 16.0. The zero-order chi connectivity index (χ0) is 16.3. The molecule has 1 aromatic rings. The molecule has 1 aliphatic rings. The maximum absolute atomic E-state index is 5.39. The highest BCUT2D eigenvalue weighted by molar-refractivity contribution is 14.0. The minimum atomic E-state index is 0. The molecule has 0 atom stereocenters. The predicted octanol–water partition coefficient (Wildman–Crippen LogP) is 2.56. The fraction of sp³-hybridized carbons (Fsp3) is 0.588. The Morgan fingerprint density at radius 2 is 1.96 bits per heavy atom.